The Kier molecular flexibility index (Phi) is 6.04. The van der Waals surface area contributed by atoms with E-state index in [4.69, 9.17) is 9.47 Å². The summed E-state index contributed by atoms with van der Waals surface area (Å²) in [6.45, 7) is 6.51. The van der Waals surface area contributed by atoms with Crippen LogP contribution in [0.2, 0.25) is 0 Å². The van der Waals surface area contributed by atoms with Crippen molar-refractivity contribution in [3.8, 4) is 11.5 Å². The van der Waals surface area contributed by atoms with Crippen LogP contribution < -0.4 is 14.8 Å². The molecule has 0 radical (unpaired) electrons. The third-order valence-electron chi connectivity index (χ3n) is 3.86. The fourth-order valence-electron chi connectivity index (χ4n) is 2.81. The second-order valence-electron chi connectivity index (χ2n) is 6.17. The van der Waals surface area contributed by atoms with E-state index in [1.54, 1.807) is 20.3 Å². The molecule has 1 heterocycles. The highest BCUT2D eigenvalue weighted by Gasteiger charge is 2.23. The van der Waals surface area contributed by atoms with Crippen LogP contribution in [0.15, 0.2) is 29.8 Å². The highest BCUT2D eigenvalue weighted by atomic mass is 16.5. The minimum Gasteiger partial charge on any atom is -0.497 e. The monoisotopic (exact) mass is 318 g/mol. The molecule has 126 valence electrons. The predicted molar refractivity (Wildman–Crippen MR) is 90.8 cm³/mol. The molecule has 1 saturated heterocycles. The number of nitrogens with zero attached hydrogens (tertiary/aromatic N) is 1. The standard InChI is InChI=1S/C18H26N2O3/c1-13(2)7-18(21)19-15-5-6-20(12-15)11-14-8-16(22-3)10-17(9-14)23-4/h7-10,15H,5-6,11-12H2,1-4H3,(H,19,21). The molecule has 1 amide bonds. The van der Waals surface area contributed by atoms with E-state index in [2.05, 4.69) is 10.2 Å². The molecular weight excluding hydrogens is 292 g/mol. The largest absolute Gasteiger partial charge is 0.497 e. The van der Waals surface area contributed by atoms with Gasteiger partial charge in [-0.2, -0.15) is 0 Å². The van der Waals surface area contributed by atoms with Gasteiger partial charge in [-0.1, -0.05) is 5.57 Å². The first-order chi connectivity index (χ1) is 11.0. The zero-order valence-electron chi connectivity index (χ0n) is 14.4. The molecule has 1 fully saturated rings. The maximum Gasteiger partial charge on any atom is 0.244 e. The van der Waals surface area contributed by atoms with Crippen molar-refractivity contribution in [3.05, 3.63) is 35.4 Å². The number of hydrogen-bond donors (Lipinski definition) is 1. The Labute approximate surface area is 138 Å². The maximum absolute atomic E-state index is 11.8. The van der Waals surface area contributed by atoms with E-state index in [-0.39, 0.29) is 11.9 Å². The molecule has 1 aromatic carbocycles. The molecule has 0 spiro atoms. The lowest BCUT2D eigenvalue weighted by atomic mass is 10.2. The number of rotatable bonds is 6. The number of hydrogen-bond acceptors (Lipinski definition) is 4. The van der Waals surface area contributed by atoms with Crippen LogP contribution in [0.3, 0.4) is 0 Å². The molecule has 0 aromatic heterocycles. The Morgan fingerprint density at radius 1 is 1.26 bits per heavy atom. The molecule has 1 aliphatic heterocycles. The molecule has 1 aliphatic rings. The first kappa shape index (κ1) is 17.3. The van der Waals surface area contributed by atoms with Crippen molar-refractivity contribution in [2.24, 2.45) is 0 Å². The molecule has 1 atom stereocenters. The molecule has 1 aromatic rings. The van der Waals surface area contributed by atoms with E-state index in [0.29, 0.717) is 0 Å². The fraction of sp³-hybridized carbons (Fsp3) is 0.500. The normalized spacial score (nSPS) is 17.7. The first-order valence-electron chi connectivity index (χ1n) is 7.90. The third kappa shape index (κ3) is 5.28. The van der Waals surface area contributed by atoms with Crippen LogP contribution in [-0.4, -0.2) is 44.2 Å². The number of amides is 1. The van der Waals surface area contributed by atoms with Gasteiger partial charge in [0.2, 0.25) is 5.91 Å². The lowest BCUT2D eigenvalue weighted by Crippen LogP contribution is -2.36. The van der Waals surface area contributed by atoms with E-state index < -0.39 is 0 Å². The van der Waals surface area contributed by atoms with Gasteiger partial charge in [0.05, 0.1) is 14.2 Å². The quantitative estimate of drug-likeness (QED) is 0.818. The summed E-state index contributed by atoms with van der Waals surface area (Å²) in [5.74, 6) is 1.60. The zero-order chi connectivity index (χ0) is 16.8. The van der Waals surface area contributed by atoms with Gasteiger partial charge in [-0.3, -0.25) is 9.69 Å². The van der Waals surface area contributed by atoms with E-state index in [1.807, 2.05) is 32.0 Å². The summed E-state index contributed by atoms with van der Waals surface area (Å²) < 4.78 is 10.6. The van der Waals surface area contributed by atoms with Crippen LogP contribution in [0.5, 0.6) is 11.5 Å². The van der Waals surface area contributed by atoms with Crippen LogP contribution in [-0.2, 0) is 11.3 Å². The van der Waals surface area contributed by atoms with Crippen LogP contribution in [0.4, 0.5) is 0 Å². The molecule has 2 rings (SSSR count). The highest BCUT2D eigenvalue weighted by Crippen LogP contribution is 2.24. The summed E-state index contributed by atoms with van der Waals surface area (Å²) in [6.07, 6.45) is 2.62. The minimum atomic E-state index is -0.0000930. The molecule has 0 aliphatic carbocycles. The van der Waals surface area contributed by atoms with Crippen molar-refractivity contribution in [2.45, 2.75) is 32.9 Å². The number of carbonyl (C=O) groups excluding carboxylic acids is 1. The van der Waals surface area contributed by atoms with E-state index in [1.165, 1.54) is 0 Å². The zero-order valence-corrected chi connectivity index (χ0v) is 14.4. The summed E-state index contributed by atoms with van der Waals surface area (Å²) in [7, 11) is 3.31. The summed E-state index contributed by atoms with van der Waals surface area (Å²) >= 11 is 0. The number of methoxy groups -OCH3 is 2. The van der Waals surface area contributed by atoms with Gasteiger partial charge in [0.15, 0.2) is 0 Å². The number of benzene rings is 1. The predicted octanol–water partition coefficient (Wildman–Crippen LogP) is 2.36. The van der Waals surface area contributed by atoms with Crippen molar-refractivity contribution in [3.63, 3.8) is 0 Å². The highest BCUT2D eigenvalue weighted by molar-refractivity contribution is 5.88. The van der Waals surface area contributed by atoms with E-state index >= 15 is 0 Å². The van der Waals surface area contributed by atoms with Gasteiger partial charge < -0.3 is 14.8 Å². The summed E-state index contributed by atoms with van der Waals surface area (Å²) in [5, 5.41) is 3.06. The van der Waals surface area contributed by atoms with E-state index in [0.717, 1.165) is 48.7 Å². The second-order valence-corrected chi connectivity index (χ2v) is 6.17. The molecule has 5 nitrogen and oxygen atoms in total. The summed E-state index contributed by atoms with van der Waals surface area (Å²) in [5.41, 5.74) is 2.17. The second kappa shape index (κ2) is 8.02. The smallest absolute Gasteiger partial charge is 0.244 e. The molecule has 1 N–H and O–H groups in total. The fourth-order valence-corrected chi connectivity index (χ4v) is 2.81. The van der Waals surface area contributed by atoms with E-state index in [9.17, 15) is 4.79 Å². The molecule has 5 heteroatoms. The van der Waals surface area contributed by atoms with Gasteiger partial charge in [-0.25, -0.2) is 0 Å². The Hall–Kier alpha value is -2.01. The van der Waals surface area contributed by atoms with Gasteiger partial charge >= 0.3 is 0 Å². The molecule has 1 unspecified atom stereocenters. The number of likely N-dealkylation sites (tertiary alicyclic amines) is 1. The number of ether oxygens (including phenoxy) is 2. The van der Waals surface area contributed by atoms with Gasteiger partial charge in [0.25, 0.3) is 0 Å². The number of allylic oxidation sites excluding steroid dienone is 1. The van der Waals surface area contributed by atoms with Crippen molar-refractivity contribution >= 4 is 5.91 Å². The van der Waals surface area contributed by atoms with Gasteiger partial charge in [-0.05, 0) is 38.0 Å². The molecule has 0 saturated carbocycles. The van der Waals surface area contributed by atoms with Gasteiger partial charge in [-0.15, -0.1) is 0 Å². The number of carbonyl (C=O) groups is 1. The summed E-state index contributed by atoms with van der Waals surface area (Å²) in [6, 6.07) is 6.14. The SMILES string of the molecule is COc1cc(CN2CCC(NC(=O)C=C(C)C)C2)cc(OC)c1. The molecular formula is C18H26N2O3. The first-order valence-corrected chi connectivity index (χ1v) is 7.90. The van der Waals surface area contributed by atoms with Crippen LogP contribution in [0.1, 0.15) is 25.8 Å². The molecule has 0 bridgehead atoms. The third-order valence-corrected chi connectivity index (χ3v) is 3.86. The van der Waals surface area contributed by atoms with Crippen molar-refractivity contribution in [1.82, 2.24) is 10.2 Å². The lowest BCUT2D eigenvalue weighted by molar-refractivity contribution is -0.117. The van der Waals surface area contributed by atoms with Crippen molar-refractivity contribution < 1.29 is 14.3 Å². The van der Waals surface area contributed by atoms with Crippen LogP contribution in [0.25, 0.3) is 0 Å². The lowest BCUT2D eigenvalue weighted by Gasteiger charge is -2.17. The Bertz CT molecular complexity index is 557. The Balaban J connectivity index is 1.93. The van der Waals surface area contributed by atoms with Crippen molar-refractivity contribution in [1.29, 1.82) is 0 Å². The topological polar surface area (TPSA) is 50.8 Å². The maximum atomic E-state index is 11.8. The minimum absolute atomic E-state index is 0.0000930. The average molecular weight is 318 g/mol. The Morgan fingerprint density at radius 2 is 1.91 bits per heavy atom. The van der Waals surface area contributed by atoms with Crippen molar-refractivity contribution in [2.75, 3.05) is 27.3 Å². The molecule has 23 heavy (non-hydrogen) atoms. The van der Waals surface area contributed by atoms with Gasteiger partial charge in [0.1, 0.15) is 11.5 Å². The Morgan fingerprint density at radius 3 is 2.48 bits per heavy atom. The van der Waals surface area contributed by atoms with Crippen LogP contribution in [0, 0.1) is 0 Å². The average Bonchev–Trinajstić information content (AvgIpc) is 2.92. The summed E-state index contributed by atoms with van der Waals surface area (Å²) in [4.78, 5) is 14.1. The van der Waals surface area contributed by atoms with Crippen LogP contribution >= 0.6 is 0 Å². The van der Waals surface area contributed by atoms with Gasteiger partial charge in [0, 0.05) is 37.8 Å². The number of nitrogens with one attached hydrogen (secondary N) is 1.